The molecule has 0 heterocycles. The number of benzene rings is 1. The molecule has 0 spiro atoms. The lowest BCUT2D eigenvalue weighted by Crippen LogP contribution is -2.23. The number of hydrogen-bond acceptors (Lipinski definition) is 2. The van der Waals surface area contributed by atoms with E-state index >= 15 is 0 Å². The molecule has 1 aromatic carbocycles. The molecular weight excluding hydrogens is 207 g/mol. The summed E-state index contributed by atoms with van der Waals surface area (Å²) in [6.45, 7) is 0.765. The smallest absolute Gasteiger partial charge is 0.0452 e. The first-order valence-electron chi connectivity index (χ1n) is 4.12. The van der Waals surface area contributed by atoms with Crippen LogP contribution >= 0.6 is 23.2 Å². The van der Waals surface area contributed by atoms with E-state index in [4.69, 9.17) is 29.0 Å². The number of hydrogen-bond donors (Lipinski definition) is 2. The minimum Gasteiger partial charge on any atom is -0.271 e. The summed E-state index contributed by atoms with van der Waals surface area (Å²) in [6, 6.07) is 5.53. The first kappa shape index (κ1) is 10.8. The fourth-order valence-corrected chi connectivity index (χ4v) is 1.72. The van der Waals surface area contributed by atoms with E-state index in [2.05, 4.69) is 5.43 Å². The molecule has 0 aliphatic rings. The highest BCUT2D eigenvalue weighted by molar-refractivity contribution is 6.35. The Balaban J connectivity index is 2.64. The van der Waals surface area contributed by atoms with Gasteiger partial charge in [-0.15, -0.1) is 0 Å². The molecule has 0 aliphatic carbocycles. The van der Waals surface area contributed by atoms with Gasteiger partial charge in [-0.05, 0) is 30.5 Å². The Bertz CT molecular complexity index is 256. The van der Waals surface area contributed by atoms with E-state index in [0.717, 1.165) is 35.0 Å². The Morgan fingerprint density at radius 2 is 1.85 bits per heavy atom. The predicted molar refractivity (Wildman–Crippen MR) is 57.0 cm³/mol. The summed E-state index contributed by atoms with van der Waals surface area (Å²) < 4.78 is 0. The van der Waals surface area contributed by atoms with Gasteiger partial charge in [0.05, 0.1) is 0 Å². The third-order valence-corrected chi connectivity index (χ3v) is 2.52. The van der Waals surface area contributed by atoms with Gasteiger partial charge in [0, 0.05) is 16.6 Å². The van der Waals surface area contributed by atoms with Crippen LogP contribution in [0.15, 0.2) is 18.2 Å². The minimum atomic E-state index is 0.726. The molecule has 0 saturated carbocycles. The molecule has 0 radical (unpaired) electrons. The maximum absolute atomic E-state index is 5.97. The van der Waals surface area contributed by atoms with Crippen LogP contribution in [-0.2, 0) is 6.42 Å². The lowest BCUT2D eigenvalue weighted by molar-refractivity contribution is 0.680. The standard InChI is InChI=1S/C9H12Cl2N2/c10-8-4-1-5-9(11)7(8)3-2-6-13-12/h1,4-5,13H,2-3,6,12H2. The zero-order valence-corrected chi connectivity index (χ0v) is 8.70. The third kappa shape index (κ3) is 3.16. The van der Waals surface area contributed by atoms with Crippen molar-refractivity contribution in [3.05, 3.63) is 33.8 Å². The molecule has 0 atom stereocenters. The maximum atomic E-state index is 5.97. The molecule has 0 amide bonds. The molecular formula is C9H12Cl2N2. The van der Waals surface area contributed by atoms with Crippen LogP contribution in [0.4, 0.5) is 0 Å². The van der Waals surface area contributed by atoms with Crippen molar-refractivity contribution in [2.75, 3.05) is 6.54 Å². The van der Waals surface area contributed by atoms with E-state index < -0.39 is 0 Å². The van der Waals surface area contributed by atoms with E-state index in [-0.39, 0.29) is 0 Å². The van der Waals surface area contributed by atoms with Gasteiger partial charge in [0.15, 0.2) is 0 Å². The van der Waals surface area contributed by atoms with Gasteiger partial charge in [0.1, 0.15) is 0 Å². The van der Waals surface area contributed by atoms with Crippen LogP contribution < -0.4 is 11.3 Å². The quantitative estimate of drug-likeness (QED) is 0.463. The summed E-state index contributed by atoms with van der Waals surface area (Å²) in [4.78, 5) is 0. The van der Waals surface area contributed by atoms with Crippen molar-refractivity contribution in [2.45, 2.75) is 12.8 Å². The highest BCUT2D eigenvalue weighted by Gasteiger charge is 2.03. The van der Waals surface area contributed by atoms with Crippen molar-refractivity contribution in [2.24, 2.45) is 5.84 Å². The van der Waals surface area contributed by atoms with Gasteiger partial charge in [-0.1, -0.05) is 29.3 Å². The van der Waals surface area contributed by atoms with Crippen LogP contribution in [0.5, 0.6) is 0 Å². The molecule has 0 saturated heterocycles. The molecule has 72 valence electrons. The lowest BCUT2D eigenvalue weighted by atomic mass is 10.1. The molecule has 0 unspecified atom stereocenters. The van der Waals surface area contributed by atoms with Gasteiger partial charge in [-0.25, -0.2) is 0 Å². The summed E-state index contributed by atoms with van der Waals surface area (Å²) in [5, 5.41) is 1.45. The van der Waals surface area contributed by atoms with Crippen LogP contribution in [0, 0.1) is 0 Å². The normalized spacial score (nSPS) is 10.4. The summed E-state index contributed by atoms with van der Waals surface area (Å²) in [5.41, 5.74) is 3.59. The van der Waals surface area contributed by atoms with Gasteiger partial charge < -0.3 is 0 Å². The minimum absolute atomic E-state index is 0.726. The molecule has 4 heteroatoms. The van der Waals surface area contributed by atoms with Gasteiger partial charge in [-0.2, -0.15) is 0 Å². The Hall–Kier alpha value is -0.280. The first-order chi connectivity index (χ1) is 6.25. The molecule has 1 rings (SSSR count). The fraction of sp³-hybridized carbons (Fsp3) is 0.333. The van der Waals surface area contributed by atoms with Gasteiger partial charge >= 0.3 is 0 Å². The monoisotopic (exact) mass is 218 g/mol. The SMILES string of the molecule is NNCCCc1c(Cl)cccc1Cl. The zero-order chi connectivity index (χ0) is 9.68. The van der Waals surface area contributed by atoms with E-state index in [1.54, 1.807) is 0 Å². The molecule has 0 aromatic heterocycles. The average molecular weight is 219 g/mol. The predicted octanol–water partition coefficient (Wildman–Crippen LogP) is 2.39. The topological polar surface area (TPSA) is 38.0 Å². The van der Waals surface area contributed by atoms with E-state index in [1.807, 2.05) is 18.2 Å². The van der Waals surface area contributed by atoms with Crippen molar-refractivity contribution >= 4 is 23.2 Å². The Morgan fingerprint density at radius 1 is 1.23 bits per heavy atom. The molecule has 0 aliphatic heterocycles. The van der Waals surface area contributed by atoms with E-state index in [1.165, 1.54) is 0 Å². The number of rotatable bonds is 4. The Kier molecular flexibility index (Phi) is 4.53. The van der Waals surface area contributed by atoms with Crippen molar-refractivity contribution in [3.63, 3.8) is 0 Å². The summed E-state index contributed by atoms with van der Waals surface area (Å²) in [6.07, 6.45) is 1.78. The first-order valence-corrected chi connectivity index (χ1v) is 4.87. The van der Waals surface area contributed by atoms with Gasteiger partial charge in [0.25, 0.3) is 0 Å². The summed E-state index contributed by atoms with van der Waals surface area (Å²) in [7, 11) is 0. The Morgan fingerprint density at radius 3 is 2.38 bits per heavy atom. The molecule has 0 bridgehead atoms. The highest BCUT2D eigenvalue weighted by atomic mass is 35.5. The van der Waals surface area contributed by atoms with Crippen molar-refractivity contribution in [1.82, 2.24) is 5.43 Å². The number of halogens is 2. The largest absolute Gasteiger partial charge is 0.271 e. The third-order valence-electron chi connectivity index (χ3n) is 1.81. The molecule has 0 fully saturated rings. The highest BCUT2D eigenvalue weighted by Crippen LogP contribution is 2.25. The second-order valence-electron chi connectivity index (χ2n) is 2.76. The van der Waals surface area contributed by atoms with Crippen molar-refractivity contribution in [1.29, 1.82) is 0 Å². The van der Waals surface area contributed by atoms with Crippen molar-refractivity contribution < 1.29 is 0 Å². The van der Waals surface area contributed by atoms with Crippen LogP contribution in [-0.4, -0.2) is 6.54 Å². The lowest BCUT2D eigenvalue weighted by Gasteiger charge is -2.05. The van der Waals surface area contributed by atoms with Gasteiger partial charge in [0.2, 0.25) is 0 Å². The summed E-state index contributed by atoms with van der Waals surface area (Å²) in [5.74, 6) is 5.15. The second-order valence-corrected chi connectivity index (χ2v) is 3.57. The summed E-state index contributed by atoms with van der Waals surface area (Å²) >= 11 is 11.9. The van der Waals surface area contributed by atoms with E-state index in [9.17, 15) is 0 Å². The van der Waals surface area contributed by atoms with Crippen LogP contribution in [0.1, 0.15) is 12.0 Å². The van der Waals surface area contributed by atoms with Crippen LogP contribution in [0.3, 0.4) is 0 Å². The van der Waals surface area contributed by atoms with Crippen LogP contribution in [0.2, 0.25) is 10.0 Å². The molecule has 1 aromatic rings. The maximum Gasteiger partial charge on any atom is 0.0452 e. The number of nitrogens with one attached hydrogen (secondary N) is 1. The fourth-order valence-electron chi connectivity index (χ4n) is 1.14. The molecule has 3 N–H and O–H groups in total. The van der Waals surface area contributed by atoms with Gasteiger partial charge in [-0.3, -0.25) is 11.3 Å². The molecule has 2 nitrogen and oxygen atoms in total. The number of hydrazine groups is 1. The van der Waals surface area contributed by atoms with E-state index in [0.29, 0.717) is 0 Å². The number of nitrogens with two attached hydrogens (primary N) is 1. The van der Waals surface area contributed by atoms with Crippen molar-refractivity contribution in [3.8, 4) is 0 Å². The second kappa shape index (κ2) is 5.45. The zero-order valence-electron chi connectivity index (χ0n) is 7.19. The Labute approximate surface area is 88.0 Å². The average Bonchev–Trinajstić information content (AvgIpc) is 2.10. The van der Waals surface area contributed by atoms with Crippen LogP contribution in [0.25, 0.3) is 0 Å². The molecule has 13 heavy (non-hydrogen) atoms.